The first kappa shape index (κ1) is 35.5. The molecule has 2 aromatic heterocycles. The molecule has 0 unspecified atom stereocenters. The summed E-state index contributed by atoms with van der Waals surface area (Å²) >= 11 is 13.1. The molecule has 2 aromatic carbocycles. The molecule has 1 amide bonds. The molecule has 0 saturated heterocycles. The van der Waals surface area contributed by atoms with Gasteiger partial charge in [0.25, 0.3) is 5.91 Å². The van der Waals surface area contributed by atoms with Gasteiger partial charge < -0.3 is 15.0 Å². The highest BCUT2D eigenvalue weighted by atomic mass is 35.5. The molecule has 248 valence electrons. The quantitative estimate of drug-likeness (QED) is 0.0861. The van der Waals surface area contributed by atoms with Gasteiger partial charge in [0, 0.05) is 22.2 Å². The van der Waals surface area contributed by atoms with Gasteiger partial charge >= 0.3 is 5.97 Å². The number of halogens is 2. The van der Waals surface area contributed by atoms with E-state index in [4.69, 9.17) is 27.9 Å². The Labute approximate surface area is 282 Å². The van der Waals surface area contributed by atoms with E-state index in [1.54, 1.807) is 42.5 Å². The zero-order valence-corrected chi connectivity index (χ0v) is 29.1. The maximum atomic E-state index is 13.0. The number of carbonyl (C=O) groups excluding carboxylic acids is 2. The second-order valence-electron chi connectivity index (χ2n) is 13.0. The minimum Gasteiger partial charge on any atom is -0.462 e. The Bertz CT molecular complexity index is 1590. The lowest BCUT2D eigenvalue weighted by Crippen LogP contribution is -2.13. The molecule has 0 aliphatic rings. The summed E-state index contributed by atoms with van der Waals surface area (Å²) in [7, 11) is 0. The molecule has 4 rings (SSSR count). The van der Waals surface area contributed by atoms with Crippen LogP contribution in [0.1, 0.15) is 131 Å². The number of amides is 1. The summed E-state index contributed by atoms with van der Waals surface area (Å²) in [6, 6.07) is 11.6. The molecule has 46 heavy (non-hydrogen) atoms. The molecule has 0 bridgehead atoms. The lowest BCUT2D eigenvalue weighted by molar-refractivity contribution is 0.0497. The first-order chi connectivity index (χ1) is 22.1. The van der Waals surface area contributed by atoms with E-state index in [2.05, 4.69) is 27.4 Å². The number of nitrogens with one attached hydrogen (secondary N) is 2. The summed E-state index contributed by atoms with van der Waals surface area (Å²) in [5.74, 6) is -0.231. The molecule has 10 heteroatoms. The van der Waals surface area contributed by atoms with Crippen LogP contribution in [0.2, 0.25) is 10.0 Å². The molecule has 0 spiro atoms. The van der Waals surface area contributed by atoms with Crippen molar-refractivity contribution in [1.82, 2.24) is 19.8 Å². The second-order valence-corrected chi connectivity index (χ2v) is 13.8. The Hall–Kier alpha value is -3.36. The van der Waals surface area contributed by atoms with E-state index in [0.29, 0.717) is 50.5 Å². The highest BCUT2D eigenvalue weighted by Crippen LogP contribution is 2.34. The van der Waals surface area contributed by atoms with Crippen LogP contribution in [0.25, 0.3) is 17.0 Å². The Morgan fingerprint density at radius 2 is 1.41 bits per heavy atom. The van der Waals surface area contributed by atoms with Gasteiger partial charge in [0.2, 0.25) is 0 Å². The van der Waals surface area contributed by atoms with Crippen LogP contribution in [-0.2, 0) is 10.2 Å². The number of aromatic nitrogens is 4. The van der Waals surface area contributed by atoms with Crippen LogP contribution in [-0.4, -0.2) is 38.3 Å². The van der Waals surface area contributed by atoms with Crippen molar-refractivity contribution >= 4 is 46.4 Å². The molecule has 0 fully saturated rings. The van der Waals surface area contributed by atoms with E-state index < -0.39 is 0 Å². The number of benzene rings is 2. The van der Waals surface area contributed by atoms with Gasteiger partial charge in [-0.25, -0.2) is 4.79 Å². The van der Waals surface area contributed by atoms with Crippen molar-refractivity contribution < 1.29 is 14.3 Å². The van der Waals surface area contributed by atoms with Gasteiger partial charge in [-0.1, -0.05) is 122 Å². The highest BCUT2D eigenvalue weighted by Gasteiger charge is 2.25. The van der Waals surface area contributed by atoms with Gasteiger partial charge in [-0.05, 0) is 48.9 Å². The minimum atomic E-state index is -0.378. The number of unbranched alkanes of at least 4 members (excludes halogenated alkanes) is 11. The summed E-state index contributed by atoms with van der Waals surface area (Å²) in [6.07, 6.45) is 15.1. The Balaban J connectivity index is 1.22. The topological polar surface area (TPSA) is 101 Å². The third-order valence-electron chi connectivity index (χ3n) is 8.05. The summed E-state index contributed by atoms with van der Waals surface area (Å²) in [6.45, 7) is 8.76. The number of ether oxygens (including phenoxy) is 1. The first-order valence-corrected chi connectivity index (χ1v) is 17.4. The molecular formula is C36H47Cl2N5O3. The molecule has 2 N–H and O–H groups in total. The third-order valence-corrected chi connectivity index (χ3v) is 8.73. The number of anilines is 1. The van der Waals surface area contributed by atoms with Crippen LogP contribution in [0.4, 0.5) is 5.69 Å². The van der Waals surface area contributed by atoms with E-state index in [0.717, 1.165) is 18.5 Å². The summed E-state index contributed by atoms with van der Waals surface area (Å²) < 4.78 is 6.92. The minimum absolute atomic E-state index is 0.238. The standard InChI is InChI=1S/C36H47Cl2N5O3/c1-5-6-7-8-9-10-11-12-13-14-15-16-23-46-35(45)26-19-17-25(18-20-26)34(44)39-27-21-22-29(37)28(24-27)32-40-33-30(38)31(36(2,3)4)41-43(33)42-32/h17-22,24H,5-16,23H2,1-4H3,(H,39,44)(H,40,42). The summed E-state index contributed by atoms with van der Waals surface area (Å²) in [4.78, 5) is 28.7. The Morgan fingerprint density at radius 3 is 2.00 bits per heavy atom. The molecule has 0 aliphatic heterocycles. The third kappa shape index (κ3) is 9.82. The molecule has 8 nitrogen and oxygen atoms in total. The predicted molar refractivity (Wildman–Crippen MR) is 187 cm³/mol. The van der Waals surface area contributed by atoms with E-state index in [9.17, 15) is 9.59 Å². The van der Waals surface area contributed by atoms with Crippen LogP contribution in [0.5, 0.6) is 0 Å². The molecule has 0 radical (unpaired) electrons. The van der Waals surface area contributed by atoms with Gasteiger partial charge in [0.15, 0.2) is 11.5 Å². The van der Waals surface area contributed by atoms with Gasteiger partial charge in [-0.15, -0.1) is 9.73 Å². The number of fused-ring (bicyclic) bond motifs is 1. The maximum Gasteiger partial charge on any atom is 0.338 e. The second kappa shape index (κ2) is 17.0. The zero-order valence-electron chi connectivity index (χ0n) is 27.6. The van der Waals surface area contributed by atoms with Gasteiger partial charge in [0.1, 0.15) is 5.02 Å². The number of rotatable bonds is 17. The van der Waals surface area contributed by atoms with Crippen molar-refractivity contribution in [3.8, 4) is 11.4 Å². The smallest absolute Gasteiger partial charge is 0.338 e. The van der Waals surface area contributed by atoms with Gasteiger partial charge in [-0.2, -0.15) is 5.10 Å². The summed E-state index contributed by atoms with van der Waals surface area (Å²) in [5.41, 5.74) is 3.02. The zero-order chi connectivity index (χ0) is 33.1. The van der Waals surface area contributed by atoms with Crippen LogP contribution >= 0.6 is 23.2 Å². The van der Waals surface area contributed by atoms with E-state index in [-0.39, 0.29) is 17.3 Å². The number of esters is 1. The molecule has 0 atom stereocenters. The normalized spacial score (nSPS) is 11.7. The van der Waals surface area contributed by atoms with E-state index in [1.165, 1.54) is 68.8 Å². The lowest BCUT2D eigenvalue weighted by atomic mass is 9.92. The van der Waals surface area contributed by atoms with Crippen molar-refractivity contribution in [2.45, 2.75) is 110 Å². The SMILES string of the molecule is CCCCCCCCCCCCCCOC(=O)c1ccc(C(=O)Nc2ccc(Cl)c(-c3nn4nc(C(C)(C)C)c(Cl)c4[nH]3)c2)cc1. The van der Waals surface area contributed by atoms with Gasteiger partial charge in [0.05, 0.1) is 22.9 Å². The number of nitrogens with zero attached hydrogens (tertiary/aromatic N) is 3. The first-order valence-electron chi connectivity index (χ1n) is 16.6. The average Bonchev–Trinajstić information content (AvgIpc) is 3.59. The van der Waals surface area contributed by atoms with Crippen LogP contribution < -0.4 is 5.32 Å². The largest absolute Gasteiger partial charge is 0.462 e. The number of hydrogen-bond acceptors (Lipinski definition) is 5. The number of carbonyl (C=O) groups is 2. The fourth-order valence-corrected chi connectivity index (χ4v) is 5.99. The van der Waals surface area contributed by atoms with Crippen LogP contribution in [0.15, 0.2) is 42.5 Å². The van der Waals surface area contributed by atoms with Crippen molar-refractivity contribution in [1.29, 1.82) is 0 Å². The highest BCUT2D eigenvalue weighted by molar-refractivity contribution is 6.34. The fourth-order valence-electron chi connectivity index (χ4n) is 5.33. The molecular weight excluding hydrogens is 621 g/mol. The van der Waals surface area contributed by atoms with Crippen molar-refractivity contribution in [3.05, 3.63) is 69.3 Å². The molecule has 4 aromatic rings. The fraction of sp³-hybridized carbons (Fsp3) is 0.500. The monoisotopic (exact) mass is 667 g/mol. The Kier molecular flexibility index (Phi) is 13.1. The van der Waals surface area contributed by atoms with Crippen LogP contribution in [0, 0.1) is 0 Å². The number of H-pyrrole nitrogens is 1. The van der Waals surface area contributed by atoms with Crippen molar-refractivity contribution in [2.75, 3.05) is 11.9 Å². The van der Waals surface area contributed by atoms with E-state index >= 15 is 0 Å². The predicted octanol–water partition coefficient (Wildman–Crippen LogP) is 10.4. The lowest BCUT2D eigenvalue weighted by Gasteiger charge is -2.14. The number of hydrogen-bond donors (Lipinski definition) is 2. The summed E-state index contributed by atoms with van der Waals surface area (Å²) in [5, 5.41) is 12.9. The van der Waals surface area contributed by atoms with Crippen molar-refractivity contribution in [3.63, 3.8) is 0 Å². The van der Waals surface area contributed by atoms with E-state index in [1.807, 2.05) is 20.8 Å². The average molecular weight is 669 g/mol. The van der Waals surface area contributed by atoms with Crippen molar-refractivity contribution in [2.24, 2.45) is 0 Å². The Morgan fingerprint density at radius 1 is 0.826 bits per heavy atom. The number of aromatic amines is 1. The molecule has 0 aliphatic carbocycles. The van der Waals surface area contributed by atoms with Gasteiger partial charge in [-0.3, -0.25) is 4.79 Å². The van der Waals surface area contributed by atoms with Crippen LogP contribution in [0.3, 0.4) is 0 Å². The molecule has 0 saturated carbocycles. The molecule has 2 heterocycles. The maximum absolute atomic E-state index is 13.0.